The number of carbonyl (C=O) groups is 1. The van der Waals surface area contributed by atoms with Gasteiger partial charge in [-0.15, -0.1) is 0 Å². The van der Waals surface area contributed by atoms with E-state index < -0.39 is 0 Å². The van der Waals surface area contributed by atoms with Gasteiger partial charge in [0.15, 0.2) is 6.29 Å². The Hall–Kier alpha value is -1.35. The van der Waals surface area contributed by atoms with Gasteiger partial charge in [0, 0.05) is 13.2 Å². The van der Waals surface area contributed by atoms with E-state index in [-0.39, 0.29) is 0 Å². The summed E-state index contributed by atoms with van der Waals surface area (Å²) in [6, 6.07) is 7.37. The summed E-state index contributed by atoms with van der Waals surface area (Å²) in [5.41, 5.74) is 0.631. The molecule has 3 heteroatoms. The summed E-state index contributed by atoms with van der Waals surface area (Å²) in [5.74, 6) is 1.53. The third-order valence-corrected chi connectivity index (χ3v) is 3.65. The van der Waals surface area contributed by atoms with E-state index in [9.17, 15) is 4.79 Å². The molecule has 1 fully saturated rings. The van der Waals surface area contributed by atoms with E-state index in [1.807, 2.05) is 18.2 Å². The molecule has 1 aliphatic heterocycles. The van der Waals surface area contributed by atoms with E-state index in [1.54, 1.807) is 6.07 Å². The molecule has 0 unspecified atom stereocenters. The molecule has 0 saturated carbocycles. The van der Waals surface area contributed by atoms with E-state index >= 15 is 0 Å². The van der Waals surface area contributed by atoms with Crippen molar-refractivity contribution in [3.8, 4) is 5.75 Å². The molecular weight excluding hydrogens is 240 g/mol. The first kappa shape index (κ1) is 14.1. The number of benzene rings is 1. The van der Waals surface area contributed by atoms with Crippen molar-refractivity contribution in [2.45, 2.75) is 32.1 Å². The van der Waals surface area contributed by atoms with Gasteiger partial charge in [0.1, 0.15) is 5.75 Å². The number of unbranched alkanes of at least 4 members (excludes halogenated alkanes) is 1. The number of hydrogen-bond acceptors (Lipinski definition) is 3. The van der Waals surface area contributed by atoms with E-state index in [0.717, 1.165) is 31.8 Å². The second kappa shape index (κ2) is 7.95. The van der Waals surface area contributed by atoms with E-state index in [4.69, 9.17) is 9.47 Å². The lowest BCUT2D eigenvalue weighted by atomic mass is 9.94. The van der Waals surface area contributed by atoms with Gasteiger partial charge in [-0.1, -0.05) is 18.6 Å². The Kier molecular flexibility index (Phi) is 5.89. The molecule has 1 aromatic rings. The maximum atomic E-state index is 10.8. The Balaban J connectivity index is 1.62. The van der Waals surface area contributed by atoms with Gasteiger partial charge in [0.2, 0.25) is 0 Å². The van der Waals surface area contributed by atoms with Gasteiger partial charge in [-0.3, -0.25) is 4.79 Å². The molecule has 19 heavy (non-hydrogen) atoms. The second-order valence-electron chi connectivity index (χ2n) is 5.06. The van der Waals surface area contributed by atoms with Crippen molar-refractivity contribution in [2.24, 2.45) is 5.92 Å². The molecule has 0 N–H and O–H groups in total. The summed E-state index contributed by atoms with van der Waals surface area (Å²) in [5, 5.41) is 0. The van der Waals surface area contributed by atoms with Crippen LogP contribution in [0.1, 0.15) is 42.5 Å². The van der Waals surface area contributed by atoms with Gasteiger partial charge in [-0.05, 0) is 43.7 Å². The quantitative estimate of drug-likeness (QED) is 0.557. The summed E-state index contributed by atoms with van der Waals surface area (Å²) >= 11 is 0. The fourth-order valence-electron chi connectivity index (χ4n) is 2.46. The molecule has 1 aliphatic rings. The molecule has 1 saturated heterocycles. The highest BCUT2D eigenvalue weighted by atomic mass is 16.5. The minimum absolute atomic E-state index is 0.631. The second-order valence-corrected chi connectivity index (χ2v) is 5.06. The third kappa shape index (κ3) is 4.67. The van der Waals surface area contributed by atoms with Crippen LogP contribution in [0.3, 0.4) is 0 Å². The zero-order valence-electron chi connectivity index (χ0n) is 11.3. The minimum atomic E-state index is 0.631. The predicted octanol–water partition coefficient (Wildman–Crippen LogP) is 3.47. The summed E-state index contributed by atoms with van der Waals surface area (Å²) in [6.45, 7) is 2.54. The maximum absolute atomic E-state index is 10.8. The van der Waals surface area contributed by atoms with Gasteiger partial charge in [0.25, 0.3) is 0 Å². The van der Waals surface area contributed by atoms with Crippen molar-refractivity contribution in [1.82, 2.24) is 0 Å². The van der Waals surface area contributed by atoms with E-state index in [0.29, 0.717) is 17.9 Å². The number of para-hydroxylation sites is 1. The zero-order chi connectivity index (χ0) is 13.3. The smallest absolute Gasteiger partial charge is 0.153 e. The van der Waals surface area contributed by atoms with Crippen molar-refractivity contribution in [3.05, 3.63) is 29.8 Å². The lowest BCUT2D eigenvalue weighted by molar-refractivity contribution is 0.0628. The monoisotopic (exact) mass is 262 g/mol. The molecule has 0 atom stereocenters. The minimum Gasteiger partial charge on any atom is -0.493 e. The standard InChI is InChI=1S/C16H22O3/c17-13-15-6-1-2-7-16(15)19-10-4-3-5-14-8-11-18-12-9-14/h1-2,6-7,13-14H,3-5,8-12H2. The highest BCUT2D eigenvalue weighted by Gasteiger charge is 2.12. The van der Waals surface area contributed by atoms with Crippen molar-refractivity contribution in [3.63, 3.8) is 0 Å². The van der Waals surface area contributed by atoms with Crippen LogP contribution < -0.4 is 4.74 Å². The van der Waals surface area contributed by atoms with Gasteiger partial charge >= 0.3 is 0 Å². The Labute approximate surface area is 114 Å². The molecule has 0 aromatic heterocycles. The maximum Gasteiger partial charge on any atom is 0.153 e. The topological polar surface area (TPSA) is 35.5 Å². The van der Waals surface area contributed by atoms with Crippen molar-refractivity contribution in [1.29, 1.82) is 0 Å². The van der Waals surface area contributed by atoms with Crippen LogP contribution in [-0.4, -0.2) is 26.1 Å². The van der Waals surface area contributed by atoms with E-state index in [1.165, 1.54) is 25.7 Å². The summed E-state index contributed by atoms with van der Waals surface area (Å²) in [4.78, 5) is 10.8. The fraction of sp³-hybridized carbons (Fsp3) is 0.562. The molecule has 0 aliphatic carbocycles. The summed E-state index contributed by atoms with van der Waals surface area (Å²) < 4.78 is 11.0. The molecule has 1 heterocycles. The zero-order valence-corrected chi connectivity index (χ0v) is 11.3. The van der Waals surface area contributed by atoms with Crippen LogP contribution in [0, 0.1) is 5.92 Å². The number of aldehydes is 1. The molecule has 0 spiro atoms. The van der Waals surface area contributed by atoms with Crippen molar-refractivity contribution in [2.75, 3.05) is 19.8 Å². The number of hydrogen-bond donors (Lipinski definition) is 0. The van der Waals surface area contributed by atoms with Crippen LogP contribution >= 0.6 is 0 Å². The lowest BCUT2D eigenvalue weighted by Gasteiger charge is -2.21. The SMILES string of the molecule is O=Cc1ccccc1OCCCCC1CCOCC1. The molecule has 0 amide bonds. The predicted molar refractivity (Wildman–Crippen MR) is 74.7 cm³/mol. The Morgan fingerprint density at radius 2 is 2.00 bits per heavy atom. The summed E-state index contributed by atoms with van der Waals surface area (Å²) in [6.07, 6.45) is 6.75. The van der Waals surface area contributed by atoms with Crippen LogP contribution in [0.2, 0.25) is 0 Å². The van der Waals surface area contributed by atoms with Crippen LogP contribution in [0.15, 0.2) is 24.3 Å². The average Bonchev–Trinajstić information content (AvgIpc) is 2.48. The largest absolute Gasteiger partial charge is 0.493 e. The molecule has 2 rings (SSSR count). The Morgan fingerprint density at radius 3 is 2.79 bits per heavy atom. The van der Waals surface area contributed by atoms with Crippen LogP contribution in [0.5, 0.6) is 5.75 Å². The normalized spacial score (nSPS) is 16.2. The van der Waals surface area contributed by atoms with Crippen LogP contribution in [-0.2, 0) is 4.74 Å². The molecular formula is C16H22O3. The number of rotatable bonds is 7. The Morgan fingerprint density at radius 1 is 1.21 bits per heavy atom. The van der Waals surface area contributed by atoms with Crippen molar-refractivity contribution >= 4 is 6.29 Å². The van der Waals surface area contributed by atoms with Crippen LogP contribution in [0.25, 0.3) is 0 Å². The average molecular weight is 262 g/mol. The molecule has 0 radical (unpaired) electrons. The van der Waals surface area contributed by atoms with E-state index in [2.05, 4.69) is 0 Å². The van der Waals surface area contributed by atoms with Gasteiger partial charge < -0.3 is 9.47 Å². The highest BCUT2D eigenvalue weighted by Crippen LogP contribution is 2.21. The molecule has 104 valence electrons. The highest BCUT2D eigenvalue weighted by molar-refractivity contribution is 5.79. The third-order valence-electron chi connectivity index (χ3n) is 3.65. The number of ether oxygens (including phenoxy) is 2. The fourth-order valence-corrected chi connectivity index (χ4v) is 2.46. The Bertz CT molecular complexity index is 383. The molecule has 1 aromatic carbocycles. The lowest BCUT2D eigenvalue weighted by Crippen LogP contribution is -2.15. The van der Waals surface area contributed by atoms with Crippen LogP contribution in [0.4, 0.5) is 0 Å². The van der Waals surface area contributed by atoms with Gasteiger partial charge in [0.05, 0.1) is 12.2 Å². The van der Waals surface area contributed by atoms with Gasteiger partial charge in [-0.25, -0.2) is 0 Å². The summed E-state index contributed by atoms with van der Waals surface area (Å²) in [7, 11) is 0. The first-order valence-electron chi connectivity index (χ1n) is 7.15. The first-order chi connectivity index (χ1) is 9.40. The molecule has 0 bridgehead atoms. The molecule has 3 nitrogen and oxygen atoms in total. The number of carbonyl (C=O) groups excluding carboxylic acids is 1. The van der Waals surface area contributed by atoms with Crippen molar-refractivity contribution < 1.29 is 14.3 Å². The first-order valence-corrected chi connectivity index (χ1v) is 7.15. The van der Waals surface area contributed by atoms with Gasteiger partial charge in [-0.2, -0.15) is 0 Å².